The fourth-order valence-electron chi connectivity index (χ4n) is 1.12. The minimum atomic E-state index is 1.10. The maximum absolute atomic E-state index is 2.30. The molecule has 0 aliphatic rings. The third-order valence-electron chi connectivity index (χ3n) is 1.90. The summed E-state index contributed by atoms with van der Waals surface area (Å²) < 4.78 is 0. The van der Waals surface area contributed by atoms with E-state index in [1.807, 2.05) is 0 Å². The molecule has 0 spiro atoms. The molecule has 0 bridgehead atoms. The molecule has 0 saturated carbocycles. The molecule has 12 heavy (non-hydrogen) atoms. The van der Waals surface area contributed by atoms with Crippen molar-refractivity contribution in [1.29, 1.82) is 0 Å². The minimum absolute atomic E-state index is 1.10. The van der Waals surface area contributed by atoms with E-state index in [4.69, 9.17) is 0 Å². The molecule has 0 heteroatoms. The Balaban J connectivity index is 3.02. The highest BCUT2D eigenvalue weighted by molar-refractivity contribution is 4.91. The lowest BCUT2D eigenvalue weighted by molar-refractivity contribution is 0.674. The van der Waals surface area contributed by atoms with Crippen LogP contribution in [0.5, 0.6) is 0 Å². The lowest BCUT2D eigenvalue weighted by atomic mass is 10.1. The van der Waals surface area contributed by atoms with Gasteiger partial charge in [-0.15, -0.1) is 0 Å². The minimum Gasteiger partial charge on any atom is -0.0914 e. The van der Waals surface area contributed by atoms with E-state index in [-0.39, 0.29) is 0 Å². The molecular weight excluding hydrogens is 144 g/mol. The number of hydrogen-bond acceptors (Lipinski definition) is 0. The molecule has 0 radical (unpaired) electrons. The van der Waals surface area contributed by atoms with Gasteiger partial charge >= 0.3 is 0 Å². The van der Waals surface area contributed by atoms with E-state index in [0.717, 1.165) is 6.42 Å². The van der Waals surface area contributed by atoms with Crippen molar-refractivity contribution in [1.82, 2.24) is 0 Å². The molecule has 0 saturated heterocycles. The normalized spacial score (nSPS) is 11.8. The van der Waals surface area contributed by atoms with Crippen LogP contribution in [0, 0.1) is 0 Å². The Morgan fingerprint density at radius 2 is 1.75 bits per heavy atom. The zero-order valence-electron chi connectivity index (χ0n) is 8.55. The molecule has 0 aromatic carbocycles. The fourth-order valence-corrected chi connectivity index (χ4v) is 1.12. The molecule has 0 aliphatic carbocycles. The largest absolute Gasteiger partial charge is 0.0914 e. The molecule has 0 fully saturated rings. The van der Waals surface area contributed by atoms with Gasteiger partial charge in [0.05, 0.1) is 0 Å². The van der Waals surface area contributed by atoms with Gasteiger partial charge in [0.2, 0.25) is 0 Å². The Labute approximate surface area is 77.4 Å². The number of rotatable bonds is 7. The topological polar surface area (TPSA) is 0 Å². The standard InChI is InChI=1S/C12H22/c1-3-5-7-9-11-12-10-8-6-4-2/h3,5,9,11H,4,6-8,10,12H2,1-2H3/b5-3+,11-9?. The van der Waals surface area contributed by atoms with E-state index in [9.17, 15) is 0 Å². The van der Waals surface area contributed by atoms with E-state index in [2.05, 4.69) is 38.2 Å². The average molecular weight is 166 g/mol. The highest BCUT2D eigenvalue weighted by atomic mass is 13.9. The highest BCUT2D eigenvalue weighted by Crippen LogP contribution is 2.03. The van der Waals surface area contributed by atoms with E-state index >= 15 is 0 Å². The van der Waals surface area contributed by atoms with Crippen LogP contribution in [0.4, 0.5) is 0 Å². The summed E-state index contributed by atoms with van der Waals surface area (Å²) in [6, 6.07) is 0. The van der Waals surface area contributed by atoms with E-state index in [1.165, 1.54) is 32.1 Å². The molecular formula is C12H22. The van der Waals surface area contributed by atoms with Crippen LogP contribution in [-0.4, -0.2) is 0 Å². The molecule has 0 N–H and O–H groups in total. The fraction of sp³-hybridized carbons (Fsp3) is 0.667. The Morgan fingerprint density at radius 3 is 2.42 bits per heavy atom. The molecule has 0 aliphatic heterocycles. The molecule has 0 nitrogen and oxygen atoms in total. The second-order valence-corrected chi connectivity index (χ2v) is 3.13. The van der Waals surface area contributed by atoms with Gasteiger partial charge in [-0.25, -0.2) is 0 Å². The quantitative estimate of drug-likeness (QED) is 0.386. The van der Waals surface area contributed by atoms with Crippen LogP contribution >= 0.6 is 0 Å². The van der Waals surface area contributed by atoms with Gasteiger partial charge in [0, 0.05) is 0 Å². The van der Waals surface area contributed by atoms with Gasteiger partial charge in [-0.05, 0) is 26.2 Å². The molecule has 0 aromatic rings. The molecule has 0 atom stereocenters. The third kappa shape index (κ3) is 9.48. The summed E-state index contributed by atoms with van der Waals surface area (Å²) in [6.45, 7) is 4.32. The zero-order chi connectivity index (χ0) is 9.07. The van der Waals surface area contributed by atoms with Crippen molar-refractivity contribution in [2.75, 3.05) is 0 Å². The molecule has 0 amide bonds. The second-order valence-electron chi connectivity index (χ2n) is 3.13. The first kappa shape index (κ1) is 11.5. The Morgan fingerprint density at radius 1 is 0.917 bits per heavy atom. The van der Waals surface area contributed by atoms with Gasteiger partial charge in [0.1, 0.15) is 0 Å². The molecule has 70 valence electrons. The summed E-state index contributed by atoms with van der Waals surface area (Å²) in [5.74, 6) is 0. The first-order valence-electron chi connectivity index (χ1n) is 5.18. The van der Waals surface area contributed by atoms with Crippen LogP contribution in [0.25, 0.3) is 0 Å². The summed E-state index contributed by atoms with van der Waals surface area (Å²) >= 11 is 0. The Kier molecular flexibility index (Phi) is 10.0. The van der Waals surface area contributed by atoms with Crippen LogP contribution < -0.4 is 0 Å². The average Bonchev–Trinajstić information content (AvgIpc) is 2.10. The molecule has 0 aromatic heterocycles. The number of hydrogen-bond donors (Lipinski definition) is 0. The summed E-state index contributed by atoms with van der Waals surface area (Å²) in [7, 11) is 0. The summed E-state index contributed by atoms with van der Waals surface area (Å²) in [4.78, 5) is 0. The predicted octanol–water partition coefficient (Wildman–Crippen LogP) is 4.48. The van der Waals surface area contributed by atoms with Crippen LogP contribution in [0.15, 0.2) is 24.3 Å². The van der Waals surface area contributed by atoms with Crippen molar-refractivity contribution in [2.45, 2.75) is 52.4 Å². The van der Waals surface area contributed by atoms with Gasteiger partial charge in [-0.2, -0.15) is 0 Å². The van der Waals surface area contributed by atoms with Crippen LogP contribution in [0.1, 0.15) is 52.4 Å². The second kappa shape index (κ2) is 10.5. The van der Waals surface area contributed by atoms with E-state index in [0.29, 0.717) is 0 Å². The molecule has 0 rings (SSSR count). The third-order valence-corrected chi connectivity index (χ3v) is 1.90. The van der Waals surface area contributed by atoms with Crippen molar-refractivity contribution in [3.8, 4) is 0 Å². The van der Waals surface area contributed by atoms with Crippen LogP contribution in [-0.2, 0) is 0 Å². The maximum atomic E-state index is 2.30. The van der Waals surface area contributed by atoms with Crippen molar-refractivity contribution in [3.05, 3.63) is 24.3 Å². The van der Waals surface area contributed by atoms with Crippen molar-refractivity contribution < 1.29 is 0 Å². The van der Waals surface area contributed by atoms with Crippen molar-refractivity contribution in [2.24, 2.45) is 0 Å². The molecule has 0 heterocycles. The number of unbranched alkanes of at least 4 members (excludes halogenated alkanes) is 4. The monoisotopic (exact) mass is 166 g/mol. The lowest BCUT2D eigenvalue weighted by Gasteiger charge is -1.93. The zero-order valence-corrected chi connectivity index (χ0v) is 8.55. The highest BCUT2D eigenvalue weighted by Gasteiger charge is 1.83. The van der Waals surface area contributed by atoms with Gasteiger partial charge in [0.25, 0.3) is 0 Å². The van der Waals surface area contributed by atoms with Crippen molar-refractivity contribution >= 4 is 0 Å². The predicted molar refractivity (Wildman–Crippen MR) is 57.3 cm³/mol. The summed E-state index contributed by atoms with van der Waals surface area (Å²) in [5, 5.41) is 0. The van der Waals surface area contributed by atoms with Crippen molar-refractivity contribution in [3.63, 3.8) is 0 Å². The van der Waals surface area contributed by atoms with Gasteiger partial charge < -0.3 is 0 Å². The van der Waals surface area contributed by atoms with Crippen LogP contribution in [0.3, 0.4) is 0 Å². The number of allylic oxidation sites excluding steroid dienone is 4. The summed E-state index contributed by atoms with van der Waals surface area (Å²) in [6.07, 6.45) is 16.7. The van der Waals surface area contributed by atoms with Gasteiger partial charge in [-0.3, -0.25) is 0 Å². The SMILES string of the molecule is C/C=C/CC=CCCCCCC. The maximum Gasteiger partial charge on any atom is -0.0169 e. The summed E-state index contributed by atoms with van der Waals surface area (Å²) in [5.41, 5.74) is 0. The Bertz CT molecular complexity index is 120. The lowest BCUT2D eigenvalue weighted by Crippen LogP contribution is -1.73. The smallest absolute Gasteiger partial charge is 0.0169 e. The van der Waals surface area contributed by atoms with E-state index < -0.39 is 0 Å². The Hall–Kier alpha value is -0.520. The van der Waals surface area contributed by atoms with Crippen LogP contribution in [0.2, 0.25) is 0 Å². The van der Waals surface area contributed by atoms with Gasteiger partial charge in [0.15, 0.2) is 0 Å². The van der Waals surface area contributed by atoms with Gasteiger partial charge in [-0.1, -0.05) is 50.5 Å². The molecule has 0 unspecified atom stereocenters. The van der Waals surface area contributed by atoms with E-state index in [1.54, 1.807) is 0 Å². The first-order valence-corrected chi connectivity index (χ1v) is 5.18. The first-order chi connectivity index (χ1) is 5.91.